The maximum absolute atomic E-state index is 13.0. The first-order chi connectivity index (χ1) is 15.4. The molecule has 1 saturated heterocycles. The van der Waals surface area contributed by atoms with Crippen molar-refractivity contribution in [3.05, 3.63) is 94.1 Å². The molecular formula is C25H21ClN2O3S. The van der Waals surface area contributed by atoms with Crippen LogP contribution in [-0.2, 0) is 11.4 Å². The highest BCUT2D eigenvalue weighted by atomic mass is 35.5. The van der Waals surface area contributed by atoms with Crippen molar-refractivity contribution >= 4 is 46.6 Å². The van der Waals surface area contributed by atoms with Gasteiger partial charge in [0, 0.05) is 10.6 Å². The van der Waals surface area contributed by atoms with E-state index in [1.807, 2.05) is 61.5 Å². The second-order valence-electron chi connectivity index (χ2n) is 7.28. The molecule has 3 aromatic rings. The third-order valence-corrected chi connectivity index (χ3v) is 5.50. The summed E-state index contributed by atoms with van der Waals surface area (Å²) in [5.41, 5.74) is 3.87. The fourth-order valence-corrected chi connectivity index (χ4v) is 3.82. The fourth-order valence-electron chi connectivity index (χ4n) is 3.40. The number of carbonyl (C=O) groups is 1. The lowest BCUT2D eigenvalue weighted by Gasteiger charge is -2.14. The number of benzene rings is 3. The Balaban J connectivity index is 1.57. The molecule has 3 aromatic carbocycles. The van der Waals surface area contributed by atoms with Crippen molar-refractivity contribution in [2.45, 2.75) is 13.5 Å². The maximum Gasteiger partial charge on any atom is 0.281 e. The van der Waals surface area contributed by atoms with Crippen LogP contribution in [0.2, 0.25) is 5.02 Å². The van der Waals surface area contributed by atoms with E-state index < -0.39 is 0 Å². The number of nitrogens with zero attached hydrogens (tertiary/aromatic N) is 1. The summed E-state index contributed by atoms with van der Waals surface area (Å²) >= 11 is 11.3. The summed E-state index contributed by atoms with van der Waals surface area (Å²) < 4.78 is 11.3. The number of hydrogen-bond donors (Lipinski definition) is 1. The number of rotatable bonds is 6. The van der Waals surface area contributed by atoms with Crippen LogP contribution in [0.25, 0.3) is 6.08 Å². The number of amides is 1. The Hall–Kier alpha value is -3.35. The minimum absolute atomic E-state index is 0.199. The normalized spacial score (nSPS) is 14.6. The number of nitrogens with one attached hydrogen (secondary N) is 1. The molecule has 7 heteroatoms. The molecule has 1 aliphatic heterocycles. The van der Waals surface area contributed by atoms with Crippen LogP contribution in [0.5, 0.6) is 11.5 Å². The van der Waals surface area contributed by atoms with Crippen molar-refractivity contribution in [1.82, 2.24) is 5.32 Å². The van der Waals surface area contributed by atoms with Crippen molar-refractivity contribution in [3.63, 3.8) is 0 Å². The number of thiocarbonyl (C=S) groups is 1. The Morgan fingerprint density at radius 3 is 2.59 bits per heavy atom. The summed E-state index contributed by atoms with van der Waals surface area (Å²) in [4.78, 5) is 14.5. The van der Waals surface area contributed by atoms with Gasteiger partial charge in [-0.15, -0.1) is 0 Å². The number of carbonyl (C=O) groups excluding carboxylic acids is 1. The minimum atomic E-state index is -0.199. The quantitative estimate of drug-likeness (QED) is 0.385. The number of methoxy groups -OCH3 is 1. The molecule has 32 heavy (non-hydrogen) atoms. The van der Waals surface area contributed by atoms with Gasteiger partial charge in [-0.3, -0.25) is 9.69 Å². The highest BCUT2D eigenvalue weighted by molar-refractivity contribution is 7.80. The molecule has 1 fully saturated rings. The van der Waals surface area contributed by atoms with Crippen LogP contribution < -0.4 is 19.7 Å². The zero-order valence-electron chi connectivity index (χ0n) is 17.6. The van der Waals surface area contributed by atoms with E-state index in [0.717, 1.165) is 22.4 Å². The number of aryl methyl sites for hydroxylation is 1. The lowest BCUT2D eigenvalue weighted by molar-refractivity contribution is -0.113. The number of hydrogen-bond acceptors (Lipinski definition) is 4. The molecule has 0 aliphatic carbocycles. The van der Waals surface area contributed by atoms with E-state index in [4.69, 9.17) is 33.3 Å². The molecule has 0 unspecified atom stereocenters. The predicted molar refractivity (Wildman–Crippen MR) is 131 cm³/mol. The van der Waals surface area contributed by atoms with E-state index in [0.29, 0.717) is 33.9 Å². The summed E-state index contributed by atoms with van der Waals surface area (Å²) in [6, 6.07) is 20.5. The second-order valence-corrected chi connectivity index (χ2v) is 8.10. The van der Waals surface area contributed by atoms with Crippen LogP contribution in [-0.4, -0.2) is 18.1 Å². The summed E-state index contributed by atoms with van der Waals surface area (Å²) in [6.45, 7) is 2.28. The van der Waals surface area contributed by atoms with Gasteiger partial charge in [-0.25, -0.2) is 0 Å². The second kappa shape index (κ2) is 9.42. The molecule has 0 saturated carbocycles. The Morgan fingerprint density at radius 2 is 1.88 bits per heavy atom. The monoisotopic (exact) mass is 464 g/mol. The average Bonchev–Trinajstić information content (AvgIpc) is 3.06. The number of ether oxygens (including phenoxy) is 2. The molecule has 0 aromatic heterocycles. The van der Waals surface area contributed by atoms with Gasteiger partial charge in [0.15, 0.2) is 5.11 Å². The Morgan fingerprint density at radius 1 is 1.09 bits per heavy atom. The summed E-state index contributed by atoms with van der Waals surface area (Å²) in [7, 11) is 1.61. The van der Waals surface area contributed by atoms with Gasteiger partial charge < -0.3 is 14.8 Å². The lowest BCUT2D eigenvalue weighted by Crippen LogP contribution is -2.30. The first kappa shape index (κ1) is 21.9. The molecule has 0 atom stereocenters. The van der Waals surface area contributed by atoms with E-state index in [1.165, 1.54) is 4.90 Å². The van der Waals surface area contributed by atoms with Crippen molar-refractivity contribution in [2.75, 3.05) is 12.0 Å². The smallest absolute Gasteiger partial charge is 0.281 e. The van der Waals surface area contributed by atoms with Crippen LogP contribution in [0.4, 0.5) is 5.69 Å². The van der Waals surface area contributed by atoms with E-state index in [-0.39, 0.29) is 5.91 Å². The molecule has 0 radical (unpaired) electrons. The van der Waals surface area contributed by atoms with Gasteiger partial charge in [-0.1, -0.05) is 29.8 Å². The fraction of sp³-hybridized carbons (Fsp3) is 0.120. The van der Waals surface area contributed by atoms with Crippen LogP contribution in [0.1, 0.15) is 16.7 Å². The summed E-state index contributed by atoms with van der Waals surface area (Å²) in [5, 5.41) is 4.03. The highest BCUT2D eigenvalue weighted by Crippen LogP contribution is 2.26. The Labute approximate surface area is 197 Å². The minimum Gasteiger partial charge on any atom is -0.496 e. The Kier molecular flexibility index (Phi) is 6.44. The highest BCUT2D eigenvalue weighted by Gasteiger charge is 2.32. The molecular weight excluding hydrogens is 444 g/mol. The first-order valence-electron chi connectivity index (χ1n) is 9.93. The van der Waals surface area contributed by atoms with Crippen molar-refractivity contribution in [3.8, 4) is 11.5 Å². The van der Waals surface area contributed by atoms with Gasteiger partial charge in [0.1, 0.15) is 23.8 Å². The van der Waals surface area contributed by atoms with Gasteiger partial charge in [0.25, 0.3) is 5.91 Å². The van der Waals surface area contributed by atoms with Crippen LogP contribution in [0.15, 0.2) is 72.4 Å². The predicted octanol–water partition coefficient (Wildman–Crippen LogP) is 5.50. The van der Waals surface area contributed by atoms with Crippen LogP contribution in [0, 0.1) is 6.92 Å². The van der Waals surface area contributed by atoms with Gasteiger partial charge >= 0.3 is 0 Å². The third kappa shape index (κ3) is 4.77. The van der Waals surface area contributed by atoms with Gasteiger partial charge in [-0.2, -0.15) is 0 Å². The summed E-state index contributed by atoms with van der Waals surface area (Å²) in [6.07, 6.45) is 1.77. The van der Waals surface area contributed by atoms with Crippen LogP contribution in [0.3, 0.4) is 0 Å². The average molecular weight is 465 g/mol. The van der Waals surface area contributed by atoms with E-state index in [2.05, 4.69) is 5.32 Å². The largest absolute Gasteiger partial charge is 0.496 e. The lowest BCUT2D eigenvalue weighted by atomic mass is 10.1. The standard InChI is InChI=1S/C25H21ClN2O3S/c1-16-4-3-5-20(12-16)28-24(29)22(27-25(28)32)14-17-6-11-23(30-2)18(13-17)15-31-21-9-7-19(26)8-10-21/h3-14H,15H2,1-2H3,(H,27,32)/b22-14+. The zero-order valence-corrected chi connectivity index (χ0v) is 19.2. The molecule has 0 bridgehead atoms. The van der Waals surface area contributed by atoms with E-state index >= 15 is 0 Å². The topological polar surface area (TPSA) is 50.8 Å². The number of anilines is 1. The Bertz CT molecular complexity index is 1210. The maximum atomic E-state index is 13.0. The molecule has 1 N–H and O–H groups in total. The van der Waals surface area contributed by atoms with Gasteiger partial charge in [0.2, 0.25) is 0 Å². The van der Waals surface area contributed by atoms with Crippen LogP contribution >= 0.6 is 23.8 Å². The SMILES string of the molecule is COc1ccc(/C=C2/NC(=S)N(c3cccc(C)c3)C2=O)cc1COc1ccc(Cl)cc1. The first-order valence-corrected chi connectivity index (χ1v) is 10.7. The van der Waals surface area contributed by atoms with Gasteiger partial charge in [0.05, 0.1) is 12.8 Å². The molecule has 1 amide bonds. The van der Waals surface area contributed by atoms with Crippen molar-refractivity contribution in [2.24, 2.45) is 0 Å². The third-order valence-electron chi connectivity index (χ3n) is 4.96. The number of halogens is 1. The van der Waals surface area contributed by atoms with E-state index in [9.17, 15) is 4.79 Å². The zero-order chi connectivity index (χ0) is 22.7. The molecule has 4 rings (SSSR count). The molecule has 0 spiro atoms. The molecule has 1 heterocycles. The van der Waals surface area contributed by atoms with Gasteiger partial charge in [-0.05, 0) is 84.9 Å². The van der Waals surface area contributed by atoms with Crippen molar-refractivity contribution < 1.29 is 14.3 Å². The molecule has 162 valence electrons. The van der Waals surface area contributed by atoms with E-state index in [1.54, 1.807) is 25.3 Å². The molecule has 5 nitrogen and oxygen atoms in total. The molecule has 1 aliphatic rings. The summed E-state index contributed by atoms with van der Waals surface area (Å²) in [5.74, 6) is 1.20. The van der Waals surface area contributed by atoms with Crippen molar-refractivity contribution in [1.29, 1.82) is 0 Å².